The third kappa shape index (κ3) is 8.47. The number of fused-ring (bicyclic) bond motifs is 3. The minimum absolute atomic E-state index is 0.381. The van der Waals surface area contributed by atoms with Gasteiger partial charge in [-0.05, 0) is 62.7 Å². The predicted molar refractivity (Wildman–Crippen MR) is 203 cm³/mol. The Kier molecular flexibility index (Phi) is 12.8. The fraction of sp³-hybridized carbons (Fsp3) is 0.463. The van der Waals surface area contributed by atoms with E-state index in [-0.39, 0.29) is 0 Å². The van der Waals surface area contributed by atoms with Crippen LogP contribution in [-0.4, -0.2) is 89.5 Å². The highest BCUT2D eigenvalue weighted by Gasteiger charge is 2.27. The van der Waals surface area contributed by atoms with Crippen molar-refractivity contribution in [2.75, 3.05) is 59.2 Å². The normalized spacial score (nSPS) is 15.2. The van der Waals surface area contributed by atoms with Crippen molar-refractivity contribution < 1.29 is 24.1 Å². The van der Waals surface area contributed by atoms with Crippen LogP contribution in [-0.2, 0) is 35.6 Å². The number of aromatic nitrogens is 3. The van der Waals surface area contributed by atoms with Crippen molar-refractivity contribution in [3.8, 4) is 16.9 Å². The van der Waals surface area contributed by atoms with E-state index >= 15 is 0 Å². The van der Waals surface area contributed by atoms with Gasteiger partial charge in [-0.25, -0.2) is 4.79 Å². The van der Waals surface area contributed by atoms with Gasteiger partial charge in [0.1, 0.15) is 11.4 Å². The minimum Gasteiger partial charge on any atom is -0.493 e. The van der Waals surface area contributed by atoms with Gasteiger partial charge in [0.05, 0.1) is 49.9 Å². The van der Waals surface area contributed by atoms with Crippen LogP contribution in [0.2, 0.25) is 0 Å². The molecular formula is C41H53N5O5. The van der Waals surface area contributed by atoms with Gasteiger partial charge in [-0.3, -0.25) is 9.58 Å². The molecule has 0 radical (unpaired) electrons. The van der Waals surface area contributed by atoms with Crippen molar-refractivity contribution in [2.45, 2.75) is 66.2 Å². The predicted octanol–water partition coefficient (Wildman–Crippen LogP) is 6.93. The molecule has 0 amide bonds. The number of carbonyl (C=O) groups is 1. The van der Waals surface area contributed by atoms with Crippen LogP contribution in [0.25, 0.3) is 32.8 Å². The maximum absolute atomic E-state index is 13.0. The lowest BCUT2D eigenvalue weighted by Gasteiger charge is -2.26. The number of benzene rings is 3. The van der Waals surface area contributed by atoms with Crippen molar-refractivity contribution in [3.63, 3.8) is 0 Å². The van der Waals surface area contributed by atoms with Gasteiger partial charge < -0.3 is 29.2 Å². The second kappa shape index (κ2) is 17.8. The molecule has 272 valence electrons. The summed E-state index contributed by atoms with van der Waals surface area (Å²) in [6.45, 7) is 15.7. The van der Waals surface area contributed by atoms with E-state index in [4.69, 9.17) is 19.3 Å². The molecular weight excluding hydrogens is 642 g/mol. The average molecular weight is 696 g/mol. The van der Waals surface area contributed by atoms with Crippen molar-refractivity contribution in [1.82, 2.24) is 24.6 Å². The van der Waals surface area contributed by atoms with Gasteiger partial charge >= 0.3 is 5.97 Å². The Hall–Kier alpha value is -4.22. The second-order valence-electron chi connectivity index (χ2n) is 13.2. The average Bonchev–Trinajstić information content (AvgIpc) is 3.63. The van der Waals surface area contributed by atoms with Crippen molar-refractivity contribution in [1.29, 1.82) is 0 Å². The number of morpholine rings is 1. The summed E-state index contributed by atoms with van der Waals surface area (Å²) in [5, 5.41) is 22.0. The number of aryl methyl sites for hydroxylation is 3. The van der Waals surface area contributed by atoms with Crippen molar-refractivity contribution in [2.24, 2.45) is 0 Å². The number of hydrogen-bond acceptors (Lipinski definition) is 7. The van der Waals surface area contributed by atoms with Crippen LogP contribution in [0.15, 0.2) is 60.7 Å². The maximum atomic E-state index is 13.0. The molecule has 1 fully saturated rings. The first-order valence-corrected chi connectivity index (χ1v) is 18.6. The molecule has 0 atom stereocenters. The number of nitrogens with zero attached hydrogens (tertiary/aromatic N) is 4. The molecule has 2 aliphatic heterocycles. The zero-order valence-corrected chi connectivity index (χ0v) is 30.5. The van der Waals surface area contributed by atoms with Crippen LogP contribution in [0.3, 0.4) is 0 Å². The number of carboxylic acids is 1. The lowest BCUT2D eigenvalue weighted by Crippen LogP contribution is -2.38. The molecule has 10 heteroatoms. The lowest BCUT2D eigenvalue weighted by molar-refractivity contribution is 0.0354. The van der Waals surface area contributed by atoms with Gasteiger partial charge in [0.15, 0.2) is 0 Å². The first-order valence-electron chi connectivity index (χ1n) is 18.6. The molecule has 0 unspecified atom stereocenters. The standard InChI is InChI=1S/C37H42N4O5.C4H11N/c1-26-34-31-13-7-12-29-30(14-8-22-46-33-15-6-10-27-9-2-3-11-28(27)33)36(37(42)43)40(35(29)31)16-4-5-21-45-25-32(34)41(38-26)18-17-39-19-23-44-24-20-39;1-3-5-4-2/h2-3,6-7,9-13,15H,4-5,8,14,16-25H2,1H3,(H,42,43);5H,3-4H2,1-2H3. The Morgan fingerprint density at radius 3 is 2.45 bits per heavy atom. The number of ether oxygens (including phenoxy) is 3. The minimum atomic E-state index is -0.892. The number of hydrogen-bond donors (Lipinski definition) is 2. The monoisotopic (exact) mass is 695 g/mol. The van der Waals surface area contributed by atoms with E-state index in [1.165, 1.54) is 0 Å². The Labute approximate surface area is 301 Å². The molecule has 2 aromatic heterocycles. The van der Waals surface area contributed by atoms with E-state index in [9.17, 15) is 9.90 Å². The smallest absolute Gasteiger partial charge is 0.352 e. The number of para-hydroxylation sites is 1. The molecule has 7 rings (SSSR count). The van der Waals surface area contributed by atoms with Gasteiger partial charge in [-0.15, -0.1) is 0 Å². The summed E-state index contributed by atoms with van der Waals surface area (Å²) in [5.41, 5.74) is 6.29. The van der Waals surface area contributed by atoms with E-state index in [1.807, 2.05) is 28.8 Å². The van der Waals surface area contributed by atoms with Crippen molar-refractivity contribution in [3.05, 3.63) is 83.3 Å². The first kappa shape index (κ1) is 36.6. The van der Waals surface area contributed by atoms with Crippen LogP contribution >= 0.6 is 0 Å². The lowest BCUT2D eigenvalue weighted by atomic mass is 9.98. The number of carboxylic acid groups (broad SMARTS) is 1. The Morgan fingerprint density at radius 1 is 0.902 bits per heavy atom. The second-order valence-corrected chi connectivity index (χ2v) is 13.2. The zero-order valence-electron chi connectivity index (χ0n) is 30.5. The van der Waals surface area contributed by atoms with Gasteiger partial charge in [0, 0.05) is 54.7 Å². The summed E-state index contributed by atoms with van der Waals surface area (Å²) in [7, 11) is 0. The summed E-state index contributed by atoms with van der Waals surface area (Å²) in [6.07, 6.45) is 2.99. The van der Waals surface area contributed by atoms with Crippen LogP contribution in [0.4, 0.5) is 0 Å². The highest BCUT2D eigenvalue weighted by Crippen LogP contribution is 2.39. The Morgan fingerprint density at radius 2 is 1.67 bits per heavy atom. The maximum Gasteiger partial charge on any atom is 0.352 e. The van der Waals surface area contributed by atoms with Gasteiger partial charge in [-0.1, -0.05) is 68.4 Å². The van der Waals surface area contributed by atoms with Crippen molar-refractivity contribution >= 4 is 27.6 Å². The summed E-state index contributed by atoms with van der Waals surface area (Å²) < 4.78 is 22.2. The third-order valence-electron chi connectivity index (χ3n) is 9.86. The largest absolute Gasteiger partial charge is 0.493 e. The fourth-order valence-corrected chi connectivity index (χ4v) is 7.42. The summed E-state index contributed by atoms with van der Waals surface area (Å²) >= 11 is 0. The first-order chi connectivity index (χ1) is 25.0. The molecule has 0 spiro atoms. The molecule has 0 bridgehead atoms. The van der Waals surface area contributed by atoms with Crippen LogP contribution in [0, 0.1) is 6.92 Å². The SMILES string of the molecule is CCNCC.Cc1nn(CCN2CCOCC2)c2c1-c1cccc3c(CCCOc4cccc5ccccc45)c(C(=O)O)n(c13)CCCCOC2. The summed E-state index contributed by atoms with van der Waals surface area (Å²) in [5.74, 6) is -0.0389. The van der Waals surface area contributed by atoms with E-state index in [0.29, 0.717) is 44.9 Å². The highest BCUT2D eigenvalue weighted by atomic mass is 16.5. The summed E-state index contributed by atoms with van der Waals surface area (Å²) in [4.78, 5) is 15.4. The molecule has 1 saturated heterocycles. The molecule has 3 aromatic carbocycles. The van der Waals surface area contributed by atoms with E-state index in [1.54, 1.807) is 0 Å². The zero-order chi connectivity index (χ0) is 35.6. The van der Waals surface area contributed by atoms with Crippen LogP contribution in [0.1, 0.15) is 60.5 Å². The van der Waals surface area contributed by atoms with E-state index in [0.717, 1.165) is 121 Å². The highest BCUT2D eigenvalue weighted by molar-refractivity contribution is 6.04. The van der Waals surface area contributed by atoms with E-state index < -0.39 is 5.97 Å². The molecule has 51 heavy (non-hydrogen) atoms. The number of aromatic carboxylic acids is 1. The fourth-order valence-electron chi connectivity index (χ4n) is 7.42. The molecule has 4 heterocycles. The number of rotatable bonds is 11. The molecule has 0 saturated carbocycles. The van der Waals surface area contributed by atoms with Gasteiger partial charge in [0.2, 0.25) is 0 Å². The quantitative estimate of drug-likeness (QED) is 0.144. The molecule has 10 nitrogen and oxygen atoms in total. The molecule has 5 aromatic rings. The van der Waals surface area contributed by atoms with Gasteiger partial charge in [0.25, 0.3) is 0 Å². The molecule has 0 aliphatic carbocycles. The number of nitrogens with one attached hydrogen (secondary N) is 1. The van der Waals surface area contributed by atoms with Crippen LogP contribution in [0.5, 0.6) is 5.75 Å². The summed E-state index contributed by atoms with van der Waals surface area (Å²) in [6, 6.07) is 20.6. The Balaban J connectivity index is 0.000000839. The van der Waals surface area contributed by atoms with Crippen LogP contribution < -0.4 is 10.1 Å². The molecule has 2 N–H and O–H groups in total. The van der Waals surface area contributed by atoms with E-state index in [2.05, 4.69) is 72.1 Å². The Bertz CT molecular complexity index is 1900. The van der Waals surface area contributed by atoms with Gasteiger partial charge in [-0.2, -0.15) is 5.10 Å². The topological polar surface area (TPSA) is 103 Å². The third-order valence-corrected chi connectivity index (χ3v) is 9.86. The molecule has 2 aliphatic rings.